The summed E-state index contributed by atoms with van der Waals surface area (Å²) in [5.41, 5.74) is -5.65. The zero-order valence-electron chi connectivity index (χ0n) is 18.5. The van der Waals surface area contributed by atoms with E-state index in [1.54, 1.807) is 55.6 Å². The van der Waals surface area contributed by atoms with E-state index in [1.165, 1.54) is 43.6 Å². The molecule has 0 aromatic rings. The average molecular weight is 503 g/mol. The maximum absolute atomic E-state index is 10.7. The van der Waals surface area contributed by atoms with Crippen LogP contribution < -0.4 is 0 Å². The lowest BCUT2D eigenvalue weighted by Gasteiger charge is -2.38. The molecule has 0 atom stereocenters. The fraction of sp³-hybridized carbons (Fsp3) is 0.955. The highest BCUT2D eigenvalue weighted by molar-refractivity contribution is 8.22. The van der Waals surface area contributed by atoms with E-state index in [0.29, 0.717) is 0 Å². The fourth-order valence-corrected chi connectivity index (χ4v) is 7.82. The summed E-state index contributed by atoms with van der Waals surface area (Å²) in [6, 6.07) is 0. The number of hydrogen-bond acceptors (Lipinski definition) is 4. The third-order valence-corrected chi connectivity index (χ3v) is 10.3. The first kappa shape index (κ1) is 27.4. The zero-order chi connectivity index (χ0) is 22.9. The van der Waals surface area contributed by atoms with Crippen molar-refractivity contribution >= 4 is 37.4 Å². The molecule has 2 aliphatic carbocycles. The molecular weight excluding hydrogens is 465 g/mol. The van der Waals surface area contributed by atoms with Crippen LogP contribution in [0.3, 0.4) is 0 Å². The van der Waals surface area contributed by atoms with Crippen LogP contribution in [0.2, 0.25) is 0 Å². The van der Waals surface area contributed by atoms with Crippen LogP contribution >= 0.6 is 11.8 Å². The van der Waals surface area contributed by atoms with Gasteiger partial charge in [-0.25, -0.2) is 8.42 Å². The molecule has 3 nitrogen and oxygen atoms in total. The SMILES string of the molecule is CCCC1CCC(C2CCC(CCC3=[S+]CCCS3)CC2)CC1.O=S(=O)([O-])C(F)(F)F. The second kappa shape index (κ2) is 13.1. The van der Waals surface area contributed by atoms with Crippen molar-refractivity contribution in [2.75, 3.05) is 11.5 Å². The van der Waals surface area contributed by atoms with Crippen molar-refractivity contribution in [1.29, 1.82) is 0 Å². The number of alkyl halides is 3. The quantitative estimate of drug-likeness (QED) is 0.178. The molecule has 0 bridgehead atoms. The summed E-state index contributed by atoms with van der Waals surface area (Å²) in [6.07, 6.45) is 19.6. The van der Waals surface area contributed by atoms with Crippen molar-refractivity contribution in [3.63, 3.8) is 0 Å². The second-order valence-corrected chi connectivity index (χ2v) is 13.2. The van der Waals surface area contributed by atoms with Crippen LogP contribution in [0.15, 0.2) is 0 Å². The molecule has 182 valence electrons. The topological polar surface area (TPSA) is 57.2 Å². The summed E-state index contributed by atoms with van der Waals surface area (Å²) in [7, 11) is -6.09. The summed E-state index contributed by atoms with van der Waals surface area (Å²) < 4.78 is 60.7. The van der Waals surface area contributed by atoms with Crippen LogP contribution in [-0.2, 0) is 21.5 Å². The molecule has 2 saturated carbocycles. The molecule has 0 saturated heterocycles. The lowest BCUT2D eigenvalue weighted by Crippen LogP contribution is -2.26. The van der Waals surface area contributed by atoms with Gasteiger partial charge in [-0.15, -0.1) is 0 Å². The molecule has 0 aromatic carbocycles. The fourth-order valence-electron chi connectivity index (χ4n) is 5.24. The van der Waals surface area contributed by atoms with Crippen molar-refractivity contribution in [2.45, 2.75) is 95.9 Å². The summed E-state index contributed by atoms with van der Waals surface area (Å²) in [6.45, 7) is 2.36. The van der Waals surface area contributed by atoms with Gasteiger partial charge in [-0.2, -0.15) is 13.2 Å². The Bertz CT molecular complexity index is 649. The molecule has 0 spiro atoms. The molecule has 1 aliphatic heterocycles. The van der Waals surface area contributed by atoms with Crippen LogP contribution in [0.4, 0.5) is 13.2 Å². The van der Waals surface area contributed by atoms with E-state index in [-0.39, 0.29) is 0 Å². The molecule has 31 heavy (non-hydrogen) atoms. The van der Waals surface area contributed by atoms with E-state index in [0.717, 1.165) is 23.7 Å². The van der Waals surface area contributed by atoms with Gasteiger partial charge in [0, 0.05) is 18.6 Å². The van der Waals surface area contributed by atoms with E-state index in [4.69, 9.17) is 13.0 Å². The third-order valence-electron chi connectivity index (χ3n) is 7.00. The predicted octanol–water partition coefficient (Wildman–Crippen LogP) is 6.58. The van der Waals surface area contributed by atoms with Gasteiger partial charge in [0.05, 0.1) is 0 Å². The standard InChI is InChI=1S/C21H37S2.CHF3O3S/c1-2-4-17-5-10-19(11-6-17)20-12-7-18(8-13-20)9-14-21-22-15-3-16-23-21;2-1(3,4)8(5,6)7/h17-20H,2-16H2,1H3;(H,5,6,7)/q+1;/p-1. The Morgan fingerprint density at radius 1 is 0.968 bits per heavy atom. The van der Waals surface area contributed by atoms with Crippen LogP contribution in [-0.4, -0.2) is 34.2 Å². The molecule has 0 radical (unpaired) electrons. The highest BCUT2D eigenvalue weighted by Crippen LogP contribution is 2.43. The summed E-state index contributed by atoms with van der Waals surface area (Å²) in [5, 5.41) is 0. The first-order valence-corrected chi connectivity index (χ1v) is 15.1. The Balaban J connectivity index is 0.000000366. The van der Waals surface area contributed by atoms with Crippen LogP contribution in [0.25, 0.3) is 0 Å². The maximum atomic E-state index is 10.7. The normalized spacial score (nSPS) is 30.2. The zero-order valence-corrected chi connectivity index (χ0v) is 20.9. The molecular formula is C22H37F3O3S3. The van der Waals surface area contributed by atoms with Crippen LogP contribution in [0.1, 0.15) is 90.4 Å². The van der Waals surface area contributed by atoms with E-state index < -0.39 is 15.6 Å². The summed E-state index contributed by atoms with van der Waals surface area (Å²) in [5.74, 6) is 7.10. The molecule has 0 amide bonds. The summed E-state index contributed by atoms with van der Waals surface area (Å²) in [4.78, 5) is 0. The van der Waals surface area contributed by atoms with Crippen LogP contribution in [0, 0.1) is 23.7 Å². The van der Waals surface area contributed by atoms with Crippen molar-refractivity contribution in [2.24, 2.45) is 23.7 Å². The molecule has 0 N–H and O–H groups in total. The van der Waals surface area contributed by atoms with Gasteiger partial charge in [0.1, 0.15) is 0 Å². The van der Waals surface area contributed by atoms with Gasteiger partial charge >= 0.3 is 5.51 Å². The average Bonchev–Trinajstić information content (AvgIpc) is 2.73. The number of halogens is 3. The van der Waals surface area contributed by atoms with E-state index in [2.05, 4.69) is 30.0 Å². The minimum Gasteiger partial charge on any atom is -0.741 e. The Morgan fingerprint density at radius 3 is 1.84 bits per heavy atom. The third kappa shape index (κ3) is 9.88. The molecule has 0 unspecified atom stereocenters. The highest BCUT2D eigenvalue weighted by Gasteiger charge is 2.37. The first-order valence-electron chi connectivity index (χ1n) is 11.7. The Labute approximate surface area is 194 Å². The van der Waals surface area contributed by atoms with Gasteiger partial charge in [0.25, 0.3) is 0 Å². The minimum absolute atomic E-state index is 1.05. The largest absolute Gasteiger partial charge is 0.741 e. The van der Waals surface area contributed by atoms with Crippen molar-refractivity contribution in [1.82, 2.24) is 0 Å². The monoisotopic (exact) mass is 502 g/mol. The Morgan fingerprint density at radius 2 is 1.45 bits per heavy atom. The molecule has 2 fully saturated rings. The van der Waals surface area contributed by atoms with Crippen molar-refractivity contribution in [3.8, 4) is 0 Å². The van der Waals surface area contributed by atoms with Gasteiger partial charge < -0.3 is 4.55 Å². The second-order valence-electron chi connectivity index (χ2n) is 9.21. The predicted molar refractivity (Wildman–Crippen MR) is 125 cm³/mol. The van der Waals surface area contributed by atoms with Gasteiger partial charge in [-0.05, 0) is 55.8 Å². The number of rotatable bonds is 6. The van der Waals surface area contributed by atoms with Crippen LogP contribution in [0.5, 0.6) is 0 Å². The number of hydrogen-bond donors (Lipinski definition) is 0. The summed E-state index contributed by atoms with van der Waals surface area (Å²) >= 11 is 4.32. The lowest BCUT2D eigenvalue weighted by atomic mass is 9.68. The Kier molecular flexibility index (Phi) is 11.6. The highest BCUT2D eigenvalue weighted by atomic mass is 32.2. The maximum Gasteiger partial charge on any atom is 0.485 e. The first-order chi connectivity index (χ1) is 14.6. The molecule has 0 aromatic heterocycles. The Hall–Kier alpha value is 0.140. The molecule has 3 rings (SSSR count). The van der Waals surface area contributed by atoms with Gasteiger partial charge in [-0.3, -0.25) is 0 Å². The molecule has 1 heterocycles. The number of thioether (sulfide) groups is 1. The van der Waals surface area contributed by atoms with Crippen molar-refractivity contribution in [3.05, 3.63) is 0 Å². The van der Waals surface area contributed by atoms with E-state index in [1.807, 2.05) is 0 Å². The van der Waals surface area contributed by atoms with Gasteiger partial charge in [0.2, 0.25) is 4.20 Å². The lowest BCUT2D eigenvalue weighted by molar-refractivity contribution is -0.0517. The minimum atomic E-state index is -6.09. The van der Waals surface area contributed by atoms with E-state index >= 15 is 0 Å². The van der Waals surface area contributed by atoms with Crippen molar-refractivity contribution < 1.29 is 26.1 Å². The smallest absolute Gasteiger partial charge is 0.485 e. The molecule has 9 heteroatoms. The van der Waals surface area contributed by atoms with E-state index in [9.17, 15) is 13.2 Å². The molecule has 3 aliphatic rings. The van der Waals surface area contributed by atoms with Gasteiger partial charge in [-0.1, -0.05) is 57.2 Å². The van der Waals surface area contributed by atoms with Gasteiger partial charge in [0.15, 0.2) is 27.2 Å².